The van der Waals surface area contributed by atoms with E-state index in [1.54, 1.807) is 17.1 Å². The number of hydrogen-bond acceptors (Lipinski definition) is 2. The molecule has 1 heterocycles. The molecule has 3 N–H and O–H groups in total. The molecule has 0 radical (unpaired) electrons. The van der Waals surface area contributed by atoms with E-state index in [0.717, 1.165) is 11.1 Å². The molecule has 0 saturated carbocycles. The van der Waals surface area contributed by atoms with Crippen LogP contribution in [0.15, 0.2) is 36.7 Å². The Hall–Kier alpha value is -1.81. The Balaban J connectivity index is 2.21. The van der Waals surface area contributed by atoms with Gasteiger partial charge in [0.15, 0.2) is 0 Å². The standard InChI is InChI=1S/C11H11ClN4/c12-10-5-15-16(7-10)6-8-2-1-3-9(4-8)11(13)14/h1-5,7H,6H2,(H3,13,14). The molecule has 1 aromatic carbocycles. The smallest absolute Gasteiger partial charge is 0.122 e. The van der Waals surface area contributed by atoms with Gasteiger partial charge in [0, 0.05) is 11.8 Å². The summed E-state index contributed by atoms with van der Waals surface area (Å²) in [6.45, 7) is 0.619. The lowest BCUT2D eigenvalue weighted by Crippen LogP contribution is -2.11. The molecular formula is C11H11ClN4. The van der Waals surface area contributed by atoms with Crippen molar-refractivity contribution in [1.82, 2.24) is 9.78 Å². The summed E-state index contributed by atoms with van der Waals surface area (Å²) in [5, 5.41) is 12.0. The fourth-order valence-corrected chi connectivity index (χ4v) is 1.61. The molecule has 0 unspecified atom stereocenters. The number of nitrogens with one attached hydrogen (secondary N) is 1. The van der Waals surface area contributed by atoms with E-state index in [4.69, 9.17) is 22.7 Å². The van der Waals surface area contributed by atoms with Gasteiger partial charge in [0.1, 0.15) is 5.84 Å². The number of amidine groups is 1. The zero-order valence-electron chi connectivity index (χ0n) is 8.52. The average Bonchev–Trinajstić information content (AvgIpc) is 2.64. The molecule has 0 aliphatic heterocycles. The Morgan fingerprint density at radius 1 is 1.50 bits per heavy atom. The van der Waals surface area contributed by atoms with Crippen molar-refractivity contribution in [2.24, 2.45) is 5.73 Å². The number of hydrogen-bond donors (Lipinski definition) is 2. The molecule has 2 rings (SSSR count). The third kappa shape index (κ3) is 2.41. The second kappa shape index (κ2) is 4.37. The highest BCUT2D eigenvalue weighted by atomic mass is 35.5. The molecule has 82 valence electrons. The van der Waals surface area contributed by atoms with Crippen molar-refractivity contribution in [1.29, 1.82) is 5.41 Å². The van der Waals surface area contributed by atoms with Gasteiger partial charge in [-0.25, -0.2) is 0 Å². The molecule has 0 bridgehead atoms. The third-order valence-corrected chi connectivity index (χ3v) is 2.38. The summed E-state index contributed by atoms with van der Waals surface area (Å²) in [4.78, 5) is 0. The summed E-state index contributed by atoms with van der Waals surface area (Å²) in [6.07, 6.45) is 3.35. The molecule has 16 heavy (non-hydrogen) atoms. The molecule has 2 aromatic rings. The number of nitrogens with zero attached hydrogens (tertiary/aromatic N) is 2. The first-order valence-corrected chi connectivity index (χ1v) is 5.14. The first-order valence-electron chi connectivity index (χ1n) is 4.76. The van der Waals surface area contributed by atoms with E-state index >= 15 is 0 Å². The minimum atomic E-state index is 0.0698. The summed E-state index contributed by atoms with van der Waals surface area (Å²) >= 11 is 5.77. The monoisotopic (exact) mass is 234 g/mol. The van der Waals surface area contributed by atoms with Crippen LogP contribution in [0, 0.1) is 5.41 Å². The van der Waals surface area contributed by atoms with Crippen molar-refractivity contribution < 1.29 is 0 Å². The molecule has 0 amide bonds. The van der Waals surface area contributed by atoms with Gasteiger partial charge in [-0.3, -0.25) is 10.1 Å². The fraction of sp³-hybridized carbons (Fsp3) is 0.0909. The molecule has 0 aliphatic rings. The zero-order chi connectivity index (χ0) is 11.5. The Labute approximate surface area is 98.2 Å². The van der Waals surface area contributed by atoms with Gasteiger partial charge in [0.25, 0.3) is 0 Å². The summed E-state index contributed by atoms with van der Waals surface area (Å²) in [6, 6.07) is 7.51. The molecule has 4 nitrogen and oxygen atoms in total. The van der Waals surface area contributed by atoms with Crippen LogP contribution in [0.4, 0.5) is 0 Å². The Morgan fingerprint density at radius 2 is 2.31 bits per heavy atom. The van der Waals surface area contributed by atoms with Crippen LogP contribution in [-0.2, 0) is 6.54 Å². The van der Waals surface area contributed by atoms with Crippen LogP contribution in [0.5, 0.6) is 0 Å². The van der Waals surface area contributed by atoms with Crippen LogP contribution in [-0.4, -0.2) is 15.6 Å². The summed E-state index contributed by atoms with van der Waals surface area (Å²) in [5.74, 6) is 0.0698. The van der Waals surface area contributed by atoms with E-state index in [-0.39, 0.29) is 5.84 Å². The molecule has 0 fully saturated rings. The van der Waals surface area contributed by atoms with E-state index < -0.39 is 0 Å². The highest BCUT2D eigenvalue weighted by Gasteiger charge is 2.00. The van der Waals surface area contributed by atoms with Gasteiger partial charge in [-0.2, -0.15) is 5.10 Å². The lowest BCUT2D eigenvalue weighted by molar-refractivity contribution is 0.687. The Kier molecular flexibility index (Phi) is 2.92. The number of benzene rings is 1. The van der Waals surface area contributed by atoms with Crippen LogP contribution in [0.25, 0.3) is 0 Å². The maximum Gasteiger partial charge on any atom is 0.122 e. The largest absolute Gasteiger partial charge is 0.384 e. The summed E-state index contributed by atoms with van der Waals surface area (Å²) < 4.78 is 1.74. The van der Waals surface area contributed by atoms with Crippen LogP contribution >= 0.6 is 11.6 Å². The number of aromatic nitrogens is 2. The van der Waals surface area contributed by atoms with Crippen molar-refractivity contribution in [3.63, 3.8) is 0 Å². The first kappa shape index (κ1) is 10.7. The quantitative estimate of drug-likeness (QED) is 0.629. The zero-order valence-corrected chi connectivity index (χ0v) is 9.28. The summed E-state index contributed by atoms with van der Waals surface area (Å²) in [7, 11) is 0. The normalized spacial score (nSPS) is 10.3. The lowest BCUT2D eigenvalue weighted by atomic mass is 10.1. The molecule has 0 spiro atoms. The highest BCUT2D eigenvalue weighted by Crippen LogP contribution is 2.09. The number of nitrogens with two attached hydrogens (primary N) is 1. The lowest BCUT2D eigenvalue weighted by Gasteiger charge is -2.04. The minimum absolute atomic E-state index is 0.0698. The molecule has 1 aromatic heterocycles. The molecule has 0 saturated heterocycles. The molecular weight excluding hydrogens is 224 g/mol. The first-order chi connectivity index (χ1) is 7.65. The maximum absolute atomic E-state index is 7.35. The van der Waals surface area contributed by atoms with Gasteiger partial charge in [-0.1, -0.05) is 29.8 Å². The van der Waals surface area contributed by atoms with E-state index in [9.17, 15) is 0 Å². The number of halogens is 1. The van der Waals surface area contributed by atoms with E-state index in [2.05, 4.69) is 5.10 Å². The number of rotatable bonds is 3. The van der Waals surface area contributed by atoms with E-state index in [1.165, 1.54) is 0 Å². The van der Waals surface area contributed by atoms with Crippen LogP contribution in [0.2, 0.25) is 5.02 Å². The van der Waals surface area contributed by atoms with Crippen LogP contribution in [0.3, 0.4) is 0 Å². The van der Waals surface area contributed by atoms with E-state index in [0.29, 0.717) is 11.6 Å². The maximum atomic E-state index is 7.35. The van der Waals surface area contributed by atoms with Crippen molar-refractivity contribution in [2.75, 3.05) is 0 Å². The second-order valence-corrected chi connectivity index (χ2v) is 3.91. The molecule has 5 heteroatoms. The minimum Gasteiger partial charge on any atom is -0.384 e. The third-order valence-electron chi connectivity index (χ3n) is 2.18. The highest BCUT2D eigenvalue weighted by molar-refractivity contribution is 6.30. The second-order valence-electron chi connectivity index (χ2n) is 3.47. The molecule has 0 atom stereocenters. The Morgan fingerprint density at radius 3 is 2.94 bits per heavy atom. The number of nitrogen functional groups attached to an aromatic ring is 1. The predicted octanol–water partition coefficient (Wildman–Crippen LogP) is 1.87. The summed E-state index contributed by atoms with van der Waals surface area (Å²) in [5.41, 5.74) is 7.17. The van der Waals surface area contributed by atoms with Gasteiger partial charge >= 0.3 is 0 Å². The molecule has 0 aliphatic carbocycles. The van der Waals surface area contributed by atoms with Crippen molar-refractivity contribution in [3.8, 4) is 0 Å². The van der Waals surface area contributed by atoms with Gasteiger partial charge in [-0.15, -0.1) is 0 Å². The SMILES string of the molecule is N=C(N)c1cccc(Cn2cc(Cl)cn2)c1. The van der Waals surface area contributed by atoms with Crippen LogP contribution in [0.1, 0.15) is 11.1 Å². The van der Waals surface area contributed by atoms with E-state index in [1.807, 2.05) is 24.3 Å². The fourth-order valence-electron chi connectivity index (χ4n) is 1.45. The Bertz CT molecular complexity index is 518. The van der Waals surface area contributed by atoms with Gasteiger partial charge in [0.05, 0.1) is 17.8 Å². The van der Waals surface area contributed by atoms with Crippen molar-refractivity contribution >= 4 is 17.4 Å². The van der Waals surface area contributed by atoms with Crippen molar-refractivity contribution in [3.05, 3.63) is 52.8 Å². The average molecular weight is 235 g/mol. The van der Waals surface area contributed by atoms with Gasteiger partial charge < -0.3 is 5.73 Å². The van der Waals surface area contributed by atoms with Gasteiger partial charge in [-0.05, 0) is 11.6 Å². The topological polar surface area (TPSA) is 67.7 Å². The van der Waals surface area contributed by atoms with Crippen LogP contribution < -0.4 is 5.73 Å². The van der Waals surface area contributed by atoms with Crippen molar-refractivity contribution in [2.45, 2.75) is 6.54 Å². The predicted molar refractivity (Wildman–Crippen MR) is 63.8 cm³/mol. The van der Waals surface area contributed by atoms with Gasteiger partial charge in [0.2, 0.25) is 0 Å².